The summed E-state index contributed by atoms with van der Waals surface area (Å²) >= 11 is 0. The summed E-state index contributed by atoms with van der Waals surface area (Å²) in [6.07, 6.45) is 1.67. The molecule has 6 nitrogen and oxygen atoms in total. The molecule has 2 rings (SSSR count). The Morgan fingerprint density at radius 1 is 1.16 bits per heavy atom. The Kier molecular flexibility index (Phi) is 8.83. The monoisotopic (exact) mass is 386 g/mol. The van der Waals surface area contributed by atoms with E-state index in [-0.39, 0.29) is 48.6 Å². The van der Waals surface area contributed by atoms with Gasteiger partial charge in [0.1, 0.15) is 0 Å². The highest BCUT2D eigenvalue weighted by Gasteiger charge is 2.27. The van der Waals surface area contributed by atoms with Gasteiger partial charge in [-0.1, -0.05) is 39.0 Å². The third-order valence-corrected chi connectivity index (χ3v) is 3.55. The Balaban J connectivity index is 0.00000288. The first kappa shape index (κ1) is 23.1. The van der Waals surface area contributed by atoms with Crippen LogP contribution in [0.3, 0.4) is 0 Å². The van der Waals surface area contributed by atoms with Crippen molar-refractivity contribution in [1.82, 2.24) is 10.3 Å². The lowest BCUT2D eigenvalue weighted by Crippen LogP contribution is -2.50. The van der Waals surface area contributed by atoms with Crippen LogP contribution < -0.4 is 16.4 Å². The molecule has 0 saturated heterocycles. The lowest BCUT2D eigenvalue weighted by Gasteiger charge is -2.25. The van der Waals surface area contributed by atoms with Gasteiger partial charge in [-0.15, -0.1) is 24.8 Å². The minimum Gasteiger partial charge on any atom is -0.346 e. The fraction of sp³-hybridized carbons (Fsp3) is 0.353. The molecule has 1 aromatic heterocycles. The van der Waals surface area contributed by atoms with Crippen molar-refractivity contribution in [2.24, 2.45) is 11.1 Å². The number of halogens is 2. The third-order valence-electron chi connectivity index (χ3n) is 3.55. The first-order valence-electron chi connectivity index (χ1n) is 7.46. The second-order valence-electron chi connectivity index (χ2n) is 6.49. The smallest absolute Gasteiger partial charge is 0.243 e. The van der Waals surface area contributed by atoms with Crippen LogP contribution in [0.1, 0.15) is 20.8 Å². The number of nitrogens with two attached hydrogens (primary N) is 1. The number of carbonyl (C=O) groups excluding carboxylic acids is 2. The Morgan fingerprint density at radius 2 is 1.80 bits per heavy atom. The first-order valence-corrected chi connectivity index (χ1v) is 7.46. The Bertz CT molecular complexity index is 727. The van der Waals surface area contributed by atoms with Crippen molar-refractivity contribution in [3.8, 4) is 0 Å². The van der Waals surface area contributed by atoms with E-state index < -0.39 is 6.04 Å². The second kappa shape index (κ2) is 9.56. The maximum absolute atomic E-state index is 12.0. The van der Waals surface area contributed by atoms with Gasteiger partial charge in [-0.3, -0.25) is 14.6 Å². The number of hydrogen-bond donors (Lipinski definition) is 3. The van der Waals surface area contributed by atoms with Crippen molar-refractivity contribution < 1.29 is 9.59 Å². The molecule has 0 spiro atoms. The van der Waals surface area contributed by atoms with E-state index in [9.17, 15) is 9.59 Å². The van der Waals surface area contributed by atoms with Gasteiger partial charge < -0.3 is 16.4 Å². The predicted octanol–water partition coefficient (Wildman–Crippen LogP) is 2.51. The van der Waals surface area contributed by atoms with Gasteiger partial charge >= 0.3 is 0 Å². The molecule has 0 unspecified atom stereocenters. The zero-order chi connectivity index (χ0) is 17.0. The lowest BCUT2D eigenvalue weighted by atomic mass is 9.87. The molecule has 0 aliphatic rings. The standard InChI is InChI=1S/C17H22N4O2.2ClH/c1-17(2,3)15(18)16(23)20-10-13(22)21-12-8-4-6-11-7-5-9-19-14(11)12;;/h4-9,15H,10,18H2,1-3H3,(H,20,23)(H,21,22);2*1H/t15-;;/m1../s1. The van der Waals surface area contributed by atoms with E-state index in [2.05, 4.69) is 15.6 Å². The van der Waals surface area contributed by atoms with Crippen LogP contribution in [0.25, 0.3) is 10.9 Å². The highest BCUT2D eigenvalue weighted by atomic mass is 35.5. The van der Waals surface area contributed by atoms with E-state index in [4.69, 9.17) is 5.73 Å². The lowest BCUT2D eigenvalue weighted by molar-refractivity contribution is -0.126. The van der Waals surface area contributed by atoms with Crippen LogP contribution in [0.5, 0.6) is 0 Å². The van der Waals surface area contributed by atoms with Gasteiger partial charge in [-0.25, -0.2) is 0 Å². The van der Waals surface area contributed by atoms with E-state index >= 15 is 0 Å². The molecule has 0 aliphatic carbocycles. The molecule has 1 aromatic carbocycles. The highest BCUT2D eigenvalue weighted by molar-refractivity contribution is 6.02. The van der Waals surface area contributed by atoms with E-state index in [0.29, 0.717) is 11.2 Å². The average Bonchev–Trinajstić information content (AvgIpc) is 2.51. The maximum atomic E-state index is 12.0. The molecule has 2 amide bonds. The number of hydrogen-bond acceptors (Lipinski definition) is 4. The van der Waals surface area contributed by atoms with Crippen LogP contribution in [0.15, 0.2) is 36.5 Å². The first-order chi connectivity index (χ1) is 10.8. The van der Waals surface area contributed by atoms with Gasteiger partial charge in [-0.2, -0.15) is 0 Å². The zero-order valence-corrected chi connectivity index (χ0v) is 16.0. The summed E-state index contributed by atoms with van der Waals surface area (Å²) in [6, 6.07) is 8.62. The number of pyridine rings is 1. The number of para-hydroxylation sites is 1. The molecule has 25 heavy (non-hydrogen) atoms. The topological polar surface area (TPSA) is 97.1 Å². The number of nitrogens with one attached hydrogen (secondary N) is 2. The summed E-state index contributed by atoms with van der Waals surface area (Å²) in [6.45, 7) is 5.49. The fourth-order valence-corrected chi connectivity index (χ4v) is 2.07. The predicted molar refractivity (Wildman–Crippen MR) is 105 cm³/mol. The molecule has 8 heteroatoms. The SMILES string of the molecule is CC(C)(C)[C@H](N)C(=O)NCC(=O)Nc1cccc2cccnc12.Cl.Cl. The molecular weight excluding hydrogens is 363 g/mol. The van der Waals surface area contributed by atoms with Crippen LogP contribution in [0.2, 0.25) is 0 Å². The molecule has 0 bridgehead atoms. The summed E-state index contributed by atoms with van der Waals surface area (Å²) in [7, 11) is 0. The van der Waals surface area contributed by atoms with Crippen molar-refractivity contribution >= 4 is 53.2 Å². The Labute approximate surface area is 159 Å². The quantitative estimate of drug-likeness (QED) is 0.751. The van der Waals surface area contributed by atoms with Crippen LogP contribution in [-0.4, -0.2) is 29.4 Å². The van der Waals surface area contributed by atoms with Gasteiger partial charge in [0.05, 0.1) is 23.8 Å². The largest absolute Gasteiger partial charge is 0.346 e. The Morgan fingerprint density at radius 3 is 2.44 bits per heavy atom. The molecule has 1 atom stereocenters. The molecule has 1 heterocycles. The summed E-state index contributed by atoms with van der Waals surface area (Å²) in [4.78, 5) is 28.2. The number of rotatable bonds is 4. The maximum Gasteiger partial charge on any atom is 0.243 e. The normalized spacial score (nSPS) is 11.7. The second-order valence-corrected chi connectivity index (χ2v) is 6.49. The molecular formula is C17H24Cl2N4O2. The van der Waals surface area contributed by atoms with E-state index in [0.717, 1.165) is 5.39 Å². The molecule has 0 aliphatic heterocycles. The third kappa shape index (κ3) is 6.16. The van der Waals surface area contributed by atoms with Crippen molar-refractivity contribution in [1.29, 1.82) is 0 Å². The van der Waals surface area contributed by atoms with Crippen molar-refractivity contribution in [3.63, 3.8) is 0 Å². The minimum absolute atomic E-state index is 0. The number of benzene rings is 1. The zero-order valence-electron chi connectivity index (χ0n) is 14.4. The summed E-state index contributed by atoms with van der Waals surface area (Å²) in [5.74, 6) is -0.665. The number of anilines is 1. The molecule has 0 saturated carbocycles. The van der Waals surface area contributed by atoms with Crippen LogP contribution in [0, 0.1) is 5.41 Å². The molecule has 0 fully saturated rings. The average molecular weight is 387 g/mol. The fourth-order valence-electron chi connectivity index (χ4n) is 2.07. The van der Waals surface area contributed by atoms with Crippen LogP contribution in [0.4, 0.5) is 5.69 Å². The highest BCUT2D eigenvalue weighted by Crippen LogP contribution is 2.20. The number of carbonyl (C=O) groups is 2. The molecule has 0 radical (unpaired) electrons. The number of fused-ring (bicyclic) bond motifs is 1. The van der Waals surface area contributed by atoms with Crippen LogP contribution in [-0.2, 0) is 9.59 Å². The van der Waals surface area contributed by atoms with Gasteiger partial charge in [0.25, 0.3) is 0 Å². The van der Waals surface area contributed by atoms with Crippen molar-refractivity contribution in [3.05, 3.63) is 36.5 Å². The van der Waals surface area contributed by atoms with E-state index in [1.165, 1.54) is 0 Å². The van der Waals surface area contributed by atoms with E-state index in [1.807, 2.05) is 45.0 Å². The van der Waals surface area contributed by atoms with Crippen molar-refractivity contribution in [2.75, 3.05) is 11.9 Å². The summed E-state index contributed by atoms with van der Waals surface area (Å²) < 4.78 is 0. The summed E-state index contributed by atoms with van der Waals surface area (Å²) in [5.41, 5.74) is 6.82. The number of nitrogens with zero attached hydrogens (tertiary/aromatic N) is 1. The Hall–Kier alpha value is -1.89. The van der Waals surface area contributed by atoms with Gasteiger partial charge in [0, 0.05) is 11.6 Å². The van der Waals surface area contributed by atoms with Crippen molar-refractivity contribution in [2.45, 2.75) is 26.8 Å². The molecule has 138 valence electrons. The number of amides is 2. The van der Waals surface area contributed by atoms with Gasteiger partial charge in [0.15, 0.2) is 0 Å². The van der Waals surface area contributed by atoms with Crippen LogP contribution >= 0.6 is 24.8 Å². The molecule has 4 N–H and O–H groups in total. The van der Waals surface area contributed by atoms with E-state index in [1.54, 1.807) is 12.3 Å². The van der Waals surface area contributed by atoms with Gasteiger partial charge in [-0.05, 0) is 17.5 Å². The summed E-state index contributed by atoms with van der Waals surface area (Å²) in [5, 5.41) is 6.26. The minimum atomic E-state index is -0.672. The van der Waals surface area contributed by atoms with Gasteiger partial charge in [0.2, 0.25) is 11.8 Å². The molecule has 2 aromatic rings. The number of aromatic nitrogens is 1.